The van der Waals surface area contributed by atoms with E-state index in [4.69, 9.17) is 0 Å². The summed E-state index contributed by atoms with van der Waals surface area (Å²) in [6.07, 6.45) is 4.14. The van der Waals surface area contributed by atoms with Crippen LogP contribution in [0.15, 0.2) is 54.6 Å². The van der Waals surface area contributed by atoms with Gasteiger partial charge in [-0.05, 0) is 54.4 Å². The molecule has 1 fully saturated rings. The fraction of sp³-hybridized carbons (Fsp3) is 0.375. The third kappa shape index (κ3) is 3.24. The number of fused-ring (bicyclic) bond motifs is 1. The van der Waals surface area contributed by atoms with Crippen molar-refractivity contribution in [3.05, 3.63) is 77.1 Å². The van der Waals surface area contributed by atoms with E-state index < -0.39 is 0 Å². The Morgan fingerprint density at radius 1 is 1.03 bits per heavy atom. The zero-order valence-electron chi connectivity index (χ0n) is 16.9. The van der Waals surface area contributed by atoms with Crippen LogP contribution in [0, 0.1) is 0 Å². The van der Waals surface area contributed by atoms with Gasteiger partial charge in [0.1, 0.15) is 0 Å². The lowest BCUT2D eigenvalue weighted by molar-refractivity contribution is 0.0923. The Kier molecular flexibility index (Phi) is 4.26. The number of nitrogens with one attached hydrogen (secondary N) is 1. The summed E-state index contributed by atoms with van der Waals surface area (Å²) in [6.45, 7) is 4.56. The first kappa shape index (κ1) is 18.1. The molecule has 5 heteroatoms. The zero-order valence-corrected chi connectivity index (χ0v) is 16.9. The highest BCUT2D eigenvalue weighted by molar-refractivity contribution is 5.94. The summed E-state index contributed by atoms with van der Waals surface area (Å²) in [5, 5.41) is 11.9. The summed E-state index contributed by atoms with van der Waals surface area (Å²) >= 11 is 0. The lowest BCUT2D eigenvalue weighted by Gasteiger charge is -2.37. The molecule has 0 spiro atoms. The number of rotatable bonds is 4. The molecule has 2 aliphatic carbocycles. The van der Waals surface area contributed by atoms with Crippen molar-refractivity contribution >= 4 is 5.91 Å². The highest BCUT2D eigenvalue weighted by Crippen LogP contribution is 2.43. The fourth-order valence-electron chi connectivity index (χ4n) is 4.52. The van der Waals surface area contributed by atoms with E-state index in [1.807, 2.05) is 35.0 Å². The van der Waals surface area contributed by atoms with Crippen LogP contribution in [0.25, 0.3) is 5.69 Å². The second-order valence-electron chi connectivity index (χ2n) is 8.88. The minimum absolute atomic E-state index is 0.0145. The standard InChI is InChI=1S/C24H26N4O/c1-24(2)15-14-20(18-10-6-7-11-19(18)24)25-23(29)21-22(16-12-13-16)28(27-26-21)17-8-4-3-5-9-17/h3-11,16,20H,12-15H2,1-2H3,(H,25,29). The topological polar surface area (TPSA) is 59.8 Å². The van der Waals surface area contributed by atoms with Crippen LogP contribution < -0.4 is 5.32 Å². The Bertz CT molecular complexity index is 1050. The van der Waals surface area contributed by atoms with Crippen LogP contribution in [0.3, 0.4) is 0 Å². The van der Waals surface area contributed by atoms with Gasteiger partial charge in [-0.25, -0.2) is 4.68 Å². The van der Waals surface area contributed by atoms with E-state index in [2.05, 4.69) is 53.7 Å². The van der Waals surface area contributed by atoms with Gasteiger partial charge in [0.05, 0.1) is 17.4 Å². The maximum atomic E-state index is 13.3. The van der Waals surface area contributed by atoms with Gasteiger partial charge in [-0.3, -0.25) is 4.79 Å². The second-order valence-corrected chi connectivity index (χ2v) is 8.88. The number of carbonyl (C=O) groups is 1. The predicted molar refractivity (Wildman–Crippen MR) is 112 cm³/mol. The summed E-state index contributed by atoms with van der Waals surface area (Å²) in [5.41, 5.74) is 5.04. The Morgan fingerprint density at radius 3 is 2.52 bits per heavy atom. The lowest BCUT2D eigenvalue weighted by atomic mass is 9.71. The van der Waals surface area contributed by atoms with Crippen molar-refractivity contribution in [2.24, 2.45) is 0 Å². The second kappa shape index (κ2) is 6.83. The van der Waals surface area contributed by atoms with Crippen LogP contribution in [-0.2, 0) is 5.41 Å². The average molecular weight is 386 g/mol. The van der Waals surface area contributed by atoms with Gasteiger partial charge < -0.3 is 5.32 Å². The van der Waals surface area contributed by atoms with E-state index >= 15 is 0 Å². The van der Waals surface area contributed by atoms with Gasteiger partial charge >= 0.3 is 0 Å². The molecule has 5 nitrogen and oxygen atoms in total. The molecule has 0 aliphatic heterocycles. The molecule has 1 amide bonds. The molecule has 1 N–H and O–H groups in total. The molecule has 29 heavy (non-hydrogen) atoms. The smallest absolute Gasteiger partial charge is 0.274 e. The van der Waals surface area contributed by atoms with Crippen LogP contribution in [0.2, 0.25) is 0 Å². The Balaban J connectivity index is 1.46. The van der Waals surface area contributed by atoms with E-state index in [1.165, 1.54) is 11.1 Å². The number of aromatic nitrogens is 3. The maximum Gasteiger partial charge on any atom is 0.274 e. The van der Waals surface area contributed by atoms with Gasteiger partial charge in [0.15, 0.2) is 5.69 Å². The number of carbonyl (C=O) groups excluding carboxylic acids is 1. The first-order chi connectivity index (χ1) is 14.0. The number of hydrogen-bond acceptors (Lipinski definition) is 3. The average Bonchev–Trinajstić information content (AvgIpc) is 3.48. The minimum Gasteiger partial charge on any atom is -0.344 e. The maximum absolute atomic E-state index is 13.3. The molecule has 1 unspecified atom stereocenters. The molecule has 2 aliphatic rings. The van der Waals surface area contributed by atoms with Gasteiger partial charge in [-0.1, -0.05) is 61.5 Å². The Labute approximate surface area is 171 Å². The third-order valence-corrected chi connectivity index (χ3v) is 6.31. The van der Waals surface area contributed by atoms with Crippen molar-refractivity contribution in [2.75, 3.05) is 0 Å². The number of hydrogen-bond donors (Lipinski definition) is 1. The van der Waals surface area contributed by atoms with E-state index in [9.17, 15) is 4.79 Å². The van der Waals surface area contributed by atoms with Crippen molar-refractivity contribution in [3.63, 3.8) is 0 Å². The minimum atomic E-state index is -0.117. The fourth-order valence-corrected chi connectivity index (χ4v) is 4.52. The van der Waals surface area contributed by atoms with Crippen LogP contribution >= 0.6 is 0 Å². The largest absolute Gasteiger partial charge is 0.344 e. The van der Waals surface area contributed by atoms with Gasteiger partial charge in [-0.15, -0.1) is 5.10 Å². The first-order valence-electron chi connectivity index (χ1n) is 10.5. The molecule has 3 aromatic rings. The number of nitrogens with zero attached hydrogens (tertiary/aromatic N) is 3. The molecule has 1 heterocycles. The van der Waals surface area contributed by atoms with Crippen molar-refractivity contribution in [1.82, 2.24) is 20.3 Å². The van der Waals surface area contributed by atoms with Crippen molar-refractivity contribution in [2.45, 2.75) is 56.9 Å². The molecule has 0 bridgehead atoms. The van der Waals surface area contributed by atoms with E-state index in [0.717, 1.165) is 37.1 Å². The van der Waals surface area contributed by atoms with Gasteiger partial charge in [0.25, 0.3) is 5.91 Å². The molecule has 0 saturated heterocycles. The van der Waals surface area contributed by atoms with E-state index in [-0.39, 0.29) is 17.4 Å². The Hall–Kier alpha value is -2.95. The molecule has 1 atom stereocenters. The molecule has 1 saturated carbocycles. The third-order valence-electron chi connectivity index (χ3n) is 6.31. The summed E-state index contributed by atoms with van der Waals surface area (Å²) in [7, 11) is 0. The monoisotopic (exact) mass is 386 g/mol. The normalized spacial score (nSPS) is 20.1. The highest BCUT2D eigenvalue weighted by Gasteiger charge is 2.37. The number of para-hydroxylation sites is 1. The zero-order chi connectivity index (χ0) is 20.0. The number of amides is 1. The summed E-state index contributed by atoms with van der Waals surface area (Å²) in [4.78, 5) is 13.3. The van der Waals surface area contributed by atoms with Crippen LogP contribution in [0.1, 0.15) is 78.8 Å². The molecule has 148 valence electrons. The van der Waals surface area contributed by atoms with Crippen molar-refractivity contribution < 1.29 is 4.79 Å². The molecule has 5 rings (SSSR count). The van der Waals surface area contributed by atoms with Crippen LogP contribution in [0.5, 0.6) is 0 Å². The van der Waals surface area contributed by atoms with Gasteiger partial charge in [0, 0.05) is 5.92 Å². The van der Waals surface area contributed by atoms with Crippen molar-refractivity contribution in [3.8, 4) is 5.69 Å². The van der Waals surface area contributed by atoms with Crippen molar-refractivity contribution in [1.29, 1.82) is 0 Å². The first-order valence-corrected chi connectivity index (χ1v) is 10.5. The molecule has 0 radical (unpaired) electrons. The van der Waals surface area contributed by atoms with E-state index in [0.29, 0.717) is 11.6 Å². The summed E-state index contributed by atoms with van der Waals surface area (Å²) in [5.74, 6) is 0.247. The molecule has 1 aromatic heterocycles. The Morgan fingerprint density at radius 2 is 1.76 bits per heavy atom. The number of benzene rings is 2. The summed E-state index contributed by atoms with van der Waals surface area (Å²) in [6, 6.07) is 18.4. The predicted octanol–water partition coefficient (Wildman–Crippen LogP) is 4.69. The van der Waals surface area contributed by atoms with Crippen LogP contribution in [0.4, 0.5) is 0 Å². The summed E-state index contributed by atoms with van der Waals surface area (Å²) < 4.78 is 1.84. The highest BCUT2D eigenvalue weighted by atomic mass is 16.2. The quantitative estimate of drug-likeness (QED) is 0.708. The van der Waals surface area contributed by atoms with Crippen LogP contribution in [-0.4, -0.2) is 20.9 Å². The lowest BCUT2D eigenvalue weighted by Crippen LogP contribution is -2.36. The molecule has 2 aromatic carbocycles. The molecular weight excluding hydrogens is 360 g/mol. The SMILES string of the molecule is CC1(C)CCC(NC(=O)c2nnn(-c3ccccc3)c2C2CC2)c2ccccc21. The molecular formula is C24H26N4O. The van der Waals surface area contributed by atoms with Gasteiger partial charge in [0.2, 0.25) is 0 Å². The van der Waals surface area contributed by atoms with E-state index in [1.54, 1.807) is 0 Å². The van der Waals surface area contributed by atoms with Gasteiger partial charge in [-0.2, -0.15) is 0 Å².